The highest BCUT2D eigenvalue weighted by molar-refractivity contribution is 5.92. The number of unbranched alkanes of at least 4 members (excludes halogenated alkanes) is 9. The number of nitrogens with one attached hydrogen (secondary N) is 3. The van der Waals surface area contributed by atoms with E-state index in [1.807, 2.05) is 14.1 Å². The predicted octanol–water partition coefficient (Wildman–Crippen LogP) is 2.60. The zero-order valence-corrected chi connectivity index (χ0v) is 29.8. The van der Waals surface area contributed by atoms with Crippen molar-refractivity contribution in [3.63, 3.8) is 0 Å². The van der Waals surface area contributed by atoms with Crippen LogP contribution in [-0.2, 0) is 14.4 Å². The van der Waals surface area contributed by atoms with Gasteiger partial charge in [-0.3, -0.25) is 14.4 Å². The lowest BCUT2D eigenvalue weighted by atomic mass is 10.1. The van der Waals surface area contributed by atoms with Gasteiger partial charge in [-0.1, -0.05) is 71.4 Å². The van der Waals surface area contributed by atoms with Crippen LogP contribution in [0.25, 0.3) is 0 Å². The molecule has 0 saturated carbocycles. The highest BCUT2D eigenvalue weighted by Crippen LogP contribution is 2.12. The number of hydrogen-bond donors (Lipinski definition) is 3. The fourth-order valence-corrected chi connectivity index (χ4v) is 4.31. The third kappa shape index (κ3) is 34.5. The van der Waals surface area contributed by atoms with Crippen molar-refractivity contribution in [2.24, 2.45) is 0 Å². The van der Waals surface area contributed by atoms with Gasteiger partial charge in [-0.05, 0) is 60.2 Å². The predicted molar refractivity (Wildman–Crippen MR) is 179 cm³/mol. The minimum atomic E-state index is -0.0474. The second-order valence-electron chi connectivity index (χ2n) is 12.6. The monoisotopic (exact) mass is 630 g/mol. The lowest BCUT2D eigenvalue weighted by molar-refractivity contribution is -0.890. The Balaban J connectivity index is -0.000000691. The summed E-state index contributed by atoms with van der Waals surface area (Å²) in [5, 5.41) is 8.37. The fourth-order valence-electron chi connectivity index (χ4n) is 4.31. The van der Waals surface area contributed by atoms with Gasteiger partial charge in [-0.25, -0.2) is 0 Å². The molecular weight excluding hydrogens is 562 g/mol. The van der Waals surface area contributed by atoms with E-state index in [1.165, 1.54) is 70.8 Å². The molecule has 0 aromatic heterocycles. The van der Waals surface area contributed by atoms with Gasteiger partial charge in [-0.2, -0.15) is 0 Å². The number of amides is 3. The zero-order valence-electron chi connectivity index (χ0n) is 29.1. The topological polar surface area (TPSA) is 90.5 Å². The first-order valence-corrected chi connectivity index (χ1v) is 16.4. The van der Waals surface area contributed by atoms with Crippen molar-refractivity contribution in [3.05, 3.63) is 24.3 Å². The van der Waals surface area contributed by atoms with E-state index in [2.05, 4.69) is 55.0 Å². The minimum Gasteiger partial charge on any atom is -1.00 e. The van der Waals surface area contributed by atoms with Crippen LogP contribution in [0.4, 0.5) is 0 Å². The summed E-state index contributed by atoms with van der Waals surface area (Å²) >= 11 is 0. The van der Waals surface area contributed by atoms with Gasteiger partial charge in [0.2, 0.25) is 17.7 Å². The van der Waals surface area contributed by atoms with Gasteiger partial charge in [0.05, 0.1) is 27.2 Å². The molecule has 0 aliphatic carbocycles. The third-order valence-corrected chi connectivity index (χ3v) is 7.09. The molecule has 8 nitrogen and oxygen atoms in total. The molecule has 1 saturated heterocycles. The van der Waals surface area contributed by atoms with Crippen LogP contribution in [0.5, 0.6) is 0 Å². The first-order chi connectivity index (χ1) is 19.8. The molecule has 0 aromatic carbocycles. The molecular formula is C34H68ClN5O3. The maximum atomic E-state index is 11.4. The van der Waals surface area contributed by atoms with E-state index in [4.69, 9.17) is 0 Å². The van der Waals surface area contributed by atoms with Gasteiger partial charge in [0.15, 0.2) is 0 Å². The summed E-state index contributed by atoms with van der Waals surface area (Å²) in [6.07, 6.45) is 17.7. The lowest BCUT2D eigenvalue weighted by Gasteiger charge is -2.30. The highest BCUT2D eigenvalue weighted by atomic mass is 35.5. The molecule has 254 valence electrons. The molecule has 1 aliphatic rings. The molecule has 0 aromatic rings. The SMILES string of the molecule is C=C(C)C(=O)NCCCN(C)C.C=C(C)C(=O)NCCC[N+](C)(C)CCCCCCCCCCCC.O=C1CCCN1.[Cl-]. The Hall–Kier alpha value is -1.90. The fraction of sp³-hybridized carbons (Fsp3) is 0.794. The Labute approximate surface area is 271 Å². The van der Waals surface area contributed by atoms with Crippen LogP contribution in [0.3, 0.4) is 0 Å². The first kappa shape index (κ1) is 45.5. The van der Waals surface area contributed by atoms with E-state index < -0.39 is 0 Å². The molecule has 0 bridgehead atoms. The largest absolute Gasteiger partial charge is 1.00 e. The van der Waals surface area contributed by atoms with Gasteiger partial charge in [0.25, 0.3) is 0 Å². The maximum Gasteiger partial charge on any atom is 0.246 e. The number of carbonyl (C=O) groups is 3. The lowest BCUT2D eigenvalue weighted by Crippen LogP contribution is -3.00. The molecule has 0 spiro atoms. The number of halogens is 1. The summed E-state index contributed by atoms with van der Waals surface area (Å²) in [4.78, 5) is 34.6. The Kier molecular flexibility index (Phi) is 31.9. The van der Waals surface area contributed by atoms with Crippen LogP contribution in [0.2, 0.25) is 0 Å². The molecule has 0 atom stereocenters. The van der Waals surface area contributed by atoms with Crippen LogP contribution >= 0.6 is 0 Å². The molecule has 9 heteroatoms. The van der Waals surface area contributed by atoms with Crippen molar-refractivity contribution >= 4 is 17.7 Å². The van der Waals surface area contributed by atoms with E-state index in [9.17, 15) is 14.4 Å². The number of rotatable bonds is 21. The first-order valence-electron chi connectivity index (χ1n) is 16.4. The summed E-state index contributed by atoms with van der Waals surface area (Å²) in [6, 6.07) is 0. The van der Waals surface area contributed by atoms with Crippen LogP contribution in [0, 0.1) is 0 Å². The molecule has 0 unspecified atom stereocenters. The smallest absolute Gasteiger partial charge is 0.246 e. The minimum absolute atomic E-state index is 0. The molecule has 1 fully saturated rings. The Morgan fingerprint density at radius 3 is 1.60 bits per heavy atom. The van der Waals surface area contributed by atoms with Crippen LogP contribution < -0.4 is 28.4 Å². The van der Waals surface area contributed by atoms with E-state index in [0.29, 0.717) is 11.1 Å². The Morgan fingerprint density at radius 2 is 1.23 bits per heavy atom. The number of carbonyl (C=O) groups excluding carboxylic acids is 3. The van der Waals surface area contributed by atoms with E-state index in [1.54, 1.807) is 13.8 Å². The van der Waals surface area contributed by atoms with Gasteiger partial charge in [0, 0.05) is 43.6 Å². The number of hydrogen-bond acceptors (Lipinski definition) is 4. The number of quaternary nitrogens is 1. The quantitative estimate of drug-likeness (QED) is 0.103. The van der Waals surface area contributed by atoms with Crippen molar-refractivity contribution in [1.82, 2.24) is 20.9 Å². The van der Waals surface area contributed by atoms with Crippen LogP contribution in [-0.4, -0.2) is 94.6 Å². The summed E-state index contributed by atoms with van der Waals surface area (Å²) in [6.45, 7) is 18.7. The summed E-state index contributed by atoms with van der Waals surface area (Å²) in [5.74, 6) is 0.138. The molecule has 1 rings (SSSR count). The average Bonchev–Trinajstić information content (AvgIpc) is 3.41. The van der Waals surface area contributed by atoms with Crippen molar-refractivity contribution in [3.8, 4) is 0 Å². The summed E-state index contributed by atoms with van der Waals surface area (Å²) in [7, 11) is 8.63. The summed E-state index contributed by atoms with van der Waals surface area (Å²) in [5.41, 5.74) is 1.16. The van der Waals surface area contributed by atoms with Gasteiger partial charge >= 0.3 is 0 Å². The van der Waals surface area contributed by atoms with Gasteiger partial charge in [0.1, 0.15) is 0 Å². The van der Waals surface area contributed by atoms with E-state index in [0.717, 1.165) is 62.9 Å². The second kappa shape index (κ2) is 30.1. The van der Waals surface area contributed by atoms with Crippen LogP contribution in [0.1, 0.15) is 111 Å². The normalized spacial score (nSPS) is 12.1. The van der Waals surface area contributed by atoms with E-state index in [-0.39, 0.29) is 30.1 Å². The highest BCUT2D eigenvalue weighted by Gasteiger charge is 2.14. The molecule has 3 amide bonds. The third-order valence-electron chi connectivity index (χ3n) is 7.09. The molecule has 0 radical (unpaired) electrons. The maximum absolute atomic E-state index is 11.4. The Morgan fingerprint density at radius 1 is 0.791 bits per heavy atom. The van der Waals surface area contributed by atoms with Gasteiger partial charge in [-0.15, -0.1) is 0 Å². The Bertz CT molecular complexity index is 748. The average molecular weight is 630 g/mol. The van der Waals surface area contributed by atoms with E-state index >= 15 is 0 Å². The zero-order chi connectivity index (χ0) is 32.2. The van der Waals surface area contributed by atoms with Crippen molar-refractivity contribution in [2.75, 3.05) is 67.5 Å². The van der Waals surface area contributed by atoms with Gasteiger partial charge < -0.3 is 37.7 Å². The van der Waals surface area contributed by atoms with Crippen molar-refractivity contribution in [2.45, 2.75) is 111 Å². The van der Waals surface area contributed by atoms with Crippen molar-refractivity contribution < 1.29 is 31.3 Å². The standard InChI is InChI=1S/C21H42N2O.C9H18N2O.C4H7NO.ClH/c1-6-7-8-9-10-11-12-13-14-15-18-23(4,5)19-16-17-22-21(24)20(2)3;1-8(2)9(12)10-6-5-7-11(3)4;6-4-2-1-3-5-4;/h2,6-19H2,1,3-5H3;1,5-7H2,2-4H3,(H,10,12);1-3H2,(H,5,6);1H. The van der Waals surface area contributed by atoms with Crippen molar-refractivity contribution in [1.29, 1.82) is 0 Å². The number of nitrogens with zero attached hydrogens (tertiary/aromatic N) is 2. The molecule has 43 heavy (non-hydrogen) atoms. The molecule has 1 heterocycles. The summed E-state index contributed by atoms with van der Waals surface area (Å²) < 4.78 is 1.06. The van der Waals surface area contributed by atoms with Crippen LogP contribution in [0.15, 0.2) is 24.3 Å². The molecule has 1 aliphatic heterocycles. The second-order valence-corrected chi connectivity index (χ2v) is 12.6. The molecule has 3 N–H and O–H groups in total.